The van der Waals surface area contributed by atoms with Crippen molar-refractivity contribution < 1.29 is 0 Å². The van der Waals surface area contributed by atoms with Gasteiger partial charge in [-0.05, 0) is 14.0 Å². The molecule has 0 aliphatic heterocycles. The van der Waals surface area contributed by atoms with Crippen LogP contribution >= 0.6 is 11.3 Å². The molecule has 0 bridgehead atoms. The summed E-state index contributed by atoms with van der Waals surface area (Å²) in [5.41, 5.74) is 1.18. The van der Waals surface area contributed by atoms with Crippen molar-refractivity contribution in [3.8, 4) is 0 Å². The Labute approximate surface area is 78.0 Å². The van der Waals surface area contributed by atoms with Crippen LogP contribution in [0.5, 0.6) is 0 Å². The third-order valence-corrected chi connectivity index (χ3v) is 3.20. The van der Waals surface area contributed by atoms with Gasteiger partial charge in [0.05, 0.1) is 10.7 Å². The molecular formula is C9H16N2S. The van der Waals surface area contributed by atoms with Crippen molar-refractivity contribution in [1.82, 2.24) is 10.3 Å². The van der Waals surface area contributed by atoms with Gasteiger partial charge in [-0.3, -0.25) is 0 Å². The Morgan fingerprint density at radius 2 is 2.17 bits per heavy atom. The van der Waals surface area contributed by atoms with Crippen LogP contribution in [0, 0.1) is 6.92 Å². The van der Waals surface area contributed by atoms with E-state index in [9.17, 15) is 0 Å². The summed E-state index contributed by atoms with van der Waals surface area (Å²) in [5, 5.41) is 4.40. The summed E-state index contributed by atoms with van der Waals surface area (Å²) in [6.07, 6.45) is 0. The molecule has 0 spiro atoms. The van der Waals surface area contributed by atoms with Crippen molar-refractivity contribution >= 4 is 11.3 Å². The van der Waals surface area contributed by atoms with Gasteiger partial charge in [0.15, 0.2) is 0 Å². The molecule has 1 aromatic heterocycles. The molecule has 0 amide bonds. The molecular weight excluding hydrogens is 168 g/mol. The van der Waals surface area contributed by atoms with Gasteiger partial charge in [-0.25, -0.2) is 4.98 Å². The first-order valence-corrected chi connectivity index (χ1v) is 5.07. The summed E-state index contributed by atoms with van der Waals surface area (Å²) >= 11 is 1.82. The van der Waals surface area contributed by atoms with E-state index < -0.39 is 0 Å². The molecule has 0 aliphatic carbocycles. The smallest absolute Gasteiger partial charge is 0.0956 e. The van der Waals surface area contributed by atoms with E-state index in [0.29, 0.717) is 5.92 Å². The molecule has 1 N–H and O–H groups in total. The first-order chi connectivity index (χ1) is 5.65. The zero-order chi connectivity index (χ0) is 9.14. The fourth-order valence-corrected chi connectivity index (χ4v) is 2.10. The third kappa shape index (κ3) is 2.05. The van der Waals surface area contributed by atoms with Crippen molar-refractivity contribution in [3.05, 3.63) is 15.6 Å². The number of aryl methyl sites for hydroxylation is 1. The van der Waals surface area contributed by atoms with E-state index in [1.165, 1.54) is 15.6 Å². The van der Waals surface area contributed by atoms with Gasteiger partial charge in [0.25, 0.3) is 0 Å². The zero-order valence-corrected chi connectivity index (χ0v) is 8.96. The van der Waals surface area contributed by atoms with Gasteiger partial charge in [0.2, 0.25) is 0 Å². The van der Waals surface area contributed by atoms with E-state index in [2.05, 4.69) is 31.1 Å². The summed E-state index contributed by atoms with van der Waals surface area (Å²) in [7, 11) is 1.97. The highest BCUT2D eigenvalue weighted by Gasteiger charge is 2.08. The van der Waals surface area contributed by atoms with Crippen LogP contribution in [-0.2, 0) is 6.54 Å². The third-order valence-electron chi connectivity index (χ3n) is 1.74. The van der Waals surface area contributed by atoms with Crippen LogP contribution in [0.15, 0.2) is 0 Å². The quantitative estimate of drug-likeness (QED) is 0.779. The fraction of sp³-hybridized carbons (Fsp3) is 0.667. The van der Waals surface area contributed by atoms with Gasteiger partial charge in [-0.15, -0.1) is 11.3 Å². The molecule has 0 aliphatic rings. The highest BCUT2D eigenvalue weighted by Crippen LogP contribution is 2.23. The Bertz CT molecular complexity index is 253. The number of hydrogen-bond donors (Lipinski definition) is 1. The predicted octanol–water partition coefficient (Wildman–Crippen LogP) is 2.29. The molecule has 1 rings (SSSR count). The molecule has 0 atom stereocenters. The van der Waals surface area contributed by atoms with Crippen LogP contribution in [0.3, 0.4) is 0 Å². The van der Waals surface area contributed by atoms with E-state index >= 15 is 0 Å². The highest BCUT2D eigenvalue weighted by molar-refractivity contribution is 7.11. The normalized spacial score (nSPS) is 11.1. The minimum atomic E-state index is 0.555. The Morgan fingerprint density at radius 1 is 1.50 bits per heavy atom. The molecule has 1 aromatic rings. The van der Waals surface area contributed by atoms with Crippen molar-refractivity contribution in [1.29, 1.82) is 0 Å². The summed E-state index contributed by atoms with van der Waals surface area (Å²) in [6, 6.07) is 0. The maximum atomic E-state index is 4.51. The van der Waals surface area contributed by atoms with E-state index in [1.807, 2.05) is 18.4 Å². The average Bonchev–Trinajstić information content (AvgIpc) is 2.34. The molecule has 0 unspecified atom stereocenters. The lowest BCUT2D eigenvalue weighted by molar-refractivity contribution is 0.818. The van der Waals surface area contributed by atoms with Crippen LogP contribution in [0.1, 0.15) is 35.3 Å². The van der Waals surface area contributed by atoms with E-state index in [0.717, 1.165) is 6.54 Å². The van der Waals surface area contributed by atoms with Crippen molar-refractivity contribution in [3.63, 3.8) is 0 Å². The molecule has 1 heterocycles. The topological polar surface area (TPSA) is 24.9 Å². The molecule has 0 saturated heterocycles. The minimum Gasteiger partial charge on any atom is -0.315 e. The van der Waals surface area contributed by atoms with Gasteiger partial charge in [-0.2, -0.15) is 0 Å². The largest absolute Gasteiger partial charge is 0.315 e. The Morgan fingerprint density at radius 3 is 2.58 bits per heavy atom. The summed E-state index contributed by atoms with van der Waals surface area (Å²) in [4.78, 5) is 5.87. The number of nitrogens with one attached hydrogen (secondary N) is 1. The van der Waals surface area contributed by atoms with E-state index in [4.69, 9.17) is 0 Å². The van der Waals surface area contributed by atoms with Crippen molar-refractivity contribution in [2.45, 2.75) is 33.2 Å². The van der Waals surface area contributed by atoms with Crippen LogP contribution in [-0.4, -0.2) is 12.0 Å². The fourth-order valence-electron chi connectivity index (χ4n) is 1.02. The maximum absolute atomic E-state index is 4.51. The number of thiazole rings is 1. The number of rotatable bonds is 3. The molecule has 68 valence electrons. The Hall–Kier alpha value is -0.410. The lowest BCUT2D eigenvalue weighted by Gasteiger charge is -1.95. The predicted molar refractivity (Wildman–Crippen MR) is 53.7 cm³/mol. The molecule has 3 heteroatoms. The second-order valence-electron chi connectivity index (χ2n) is 3.25. The van der Waals surface area contributed by atoms with Crippen LogP contribution in [0.2, 0.25) is 0 Å². The standard InChI is InChI=1S/C9H16N2S/c1-6(2)9-11-7(3)8(12-9)5-10-4/h6,10H,5H2,1-4H3. The molecule has 0 fully saturated rings. The highest BCUT2D eigenvalue weighted by atomic mass is 32.1. The summed E-state index contributed by atoms with van der Waals surface area (Å²) < 4.78 is 0. The second kappa shape index (κ2) is 4.01. The molecule has 12 heavy (non-hydrogen) atoms. The van der Waals surface area contributed by atoms with Crippen LogP contribution in [0.4, 0.5) is 0 Å². The maximum Gasteiger partial charge on any atom is 0.0956 e. The summed E-state index contributed by atoms with van der Waals surface area (Å²) in [6.45, 7) is 7.38. The molecule has 0 aromatic carbocycles. The first kappa shape index (κ1) is 9.68. The molecule has 0 radical (unpaired) electrons. The number of aromatic nitrogens is 1. The van der Waals surface area contributed by atoms with Crippen LogP contribution < -0.4 is 5.32 Å². The van der Waals surface area contributed by atoms with Gasteiger partial charge < -0.3 is 5.32 Å². The van der Waals surface area contributed by atoms with Gasteiger partial charge in [0, 0.05) is 17.3 Å². The van der Waals surface area contributed by atoms with Gasteiger partial charge >= 0.3 is 0 Å². The number of nitrogens with zero attached hydrogens (tertiary/aromatic N) is 1. The Balaban J connectivity index is 2.85. The van der Waals surface area contributed by atoms with Crippen LogP contribution in [0.25, 0.3) is 0 Å². The molecule has 2 nitrogen and oxygen atoms in total. The van der Waals surface area contributed by atoms with Crippen molar-refractivity contribution in [2.24, 2.45) is 0 Å². The zero-order valence-electron chi connectivity index (χ0n) is 8.14. The second-order valence-corrected chi connectivity index (χ2v) is 4.36. The monoisotopic (exact) mass is 184 g/mol. The SMILES string of the molecule is CNCc1sc(C(C)C)nc1C. The first-order valence-electron chi connectivity index (χ1n) is 4.26. The average molecular weight is 184 g/mol. The Kier molecular flexibility index (Phi) is 3.23. The van der Waals surface area contributed by atoms with Crippen molar-refractivity contribution in [2.75, 3.05) is 7.05 Å². The summed E-state index contributed by atoms with van der Waals surface area (Å²) in [5.74, 6) is 0.555. The van der Waals surface area contributed by atoms with E-state index in [-0.39, 0.29) is 0 Å². The lowest BCUT2D eigenvalue weighted by Crippen LogP contribution is -2.04. The van der Waals surface area contributed by atoms with Gasteiger partial charge in [0.1, 0.15) is 0 Å². The lowest BCUT2D eigenvalue weighted by atomic mass is 10.2. The van der Waals surface area contributed by atoms with E-state index in [1.54, 1.807) is 0 Å². The van der Waals surface area contributed by atoms with Gasteiger partial charge in [-0.1, -0.05) is 13.8 Å². The minimum absolute atomic E-state index is 0.555. The molecule has 0 saturated carbocycles. The number of hydrogen-bond acceptors (Lipinski definition) is 3.